The van der Waals surface area contributed by atoms with Gasteiger partial charge in [-0.25, -0.2) is 0 Å². The number of aliphatic hydroxyl groups is 1. The Morgan fingerprint density at radius 3 is 2.72 bits per heavy atom. The summed E-state index contributed by atoms with van der Waals surface area (Å²) in [6, 6.07) is 9.70. The first-order valence-electron chi connectivity index (χ1n) is 5.80. The fourth-order valence-electron chi connectivity index (χ4n) is 1.96. The number of carbonyl (C=O) groups is 1. The molecule has 4 nitrogen and oxygen atoms in total. The van der Waals surface area contributed by atoms with Crippen LogP contribution >= 0.6 is 0 Å². The topological polar surface area (TPSA) is 52.6 Å². The maximum Gasteiger partial charge on any atom is 0.252 e. The summed E-state index contributed by atoms with van der Waals surface area (Å²) >= 11 is 0. The van der Waals surface area contributed by atoms with E-state index in [4.69, 9.17) is 5.11 Å². The van der Waals surface area contributed by atoms with E-state index < -0.39 is 0 Å². The van der Waals surface area contributed by atoms with Gasteiger partial charge in [0.25, 0.3) is 5.91 Å². The van der Waals surface area contributed by atoms with E-state index in [2.05, 4.69) is 11.9 Å². The van der Waals surface area contributed by atoms with E-state index in [9.17, 15) is 4.79 Å². The SMILES string of the molecule is C=CCN1C=C(CO)C(=O)NC1c1ccccc1. The zero-order chi connectivity index (χ0) is 13.0. The molecule has 0 radical (unpaired) electrons. The van der Waals surface area contributed by atoms with Crippen molar-refractivity contribution in [2.45, 2.75) is 6.17 Å². The van der Waals surface area contributed by atoms with Crippen LogP contribution in [0.2, 0.25) is 0 Å². The summed E-state index contributed by atoms with van der Waals surface area (Å²) in [7, 11) is 0. The molecule has 1 aromatic rings. The fourth-order valence-corrected chi connectivity index (χ4v) is 1.96. The third-order valence-corrected chi connectivity index (χ3v) is 2.84. The van der Waals surface area contributed by atoms with Gasteiger partial charge >= 0.3 is 0 Å². The molecular weight excluding hydrogens is 228 g/mol. The third-order valence-electron chi connectivity index (χ3n) is 2.84. The molecule has 1 amide bonds. The number of nitrogens with one attached hydrogen (secondary N) is 1. The highest BCUT2D eigenvalue weighted by atomic mass is 16.3. The average molecular weight is 244 g/mol. The molecule has 0 saturated carbocycles. The van der Waals surface area contributed by atoms with Gasteiger partial charge in [0, 0.05) is 12.7 Å². The van der Waals surface area contributed by atoms with Crippen molar-refractivity contribution in [2.75, 3.05) is 13.2 Å². The number of hydrogen-bond donors (Lipinski definition) is 2. The Bertz CT molecular complexity index is 468. The summed E-state index contributed by atoms with van der Waals surface area (Å²) in [5.41, 5.74) is 1.37. The van der Waals surface area contributed by atoms with Gasteiger partial charge in [-0.2, -0.15) is 0 Å². The smallest absolute Gasteiger partial charge is 0.252 e. The highest BCUT2D eigenvalue weighted by Crippen LogP contribution is 2.22. The summed E-state index contributed by atoms with van der Waals surface area (Å²) in [5.74, 6) is -0.230. The van der Waals surface area contributed by atoms with Crippen LogP contribution in [0.1, 0.15) is 11.7 Å². The molecular formula is C14H16N2O2. The van der Waals surface area contributed by atoms with Crippen LogP contribution in [0, 0.1) is 0 Å². The van der Waals surface area contributed by atoms with Gasteiger partial charge in [-0.1, -0.05) is 36.4 Å². The van der Waals surface area contributed by atoms with Crippen LogP contribution in [0.25, 0.3) is 0 Å². The van der Waals surface area contributed by atoms with Crippen LogP contribution in [0.15, 0.2) is 54.8 Å². The Morgan fingerprint density at radius 1 is 1.39 bits per heavy atom. The predicted octanol–water partition coefficient (Wildman–Crippen LogP) is 1.18. The molecule has 18 heavy (non-hydrogen) atoms. The van der Waals surface area contributed by atoms with Crippen molar-refractivity contribution in [1.29, 1.82) is 0 Å². The molecule has 2 N–H and O–H groups in total. The fraction of sp³-hybridized carbons (Fsp3) is 0.214. The van der Waals surface area contributed by atoms with Crippen molar-refractivity contribution in [3.05, 3.63) is 60.3 Å². The van der Waals surface area contributed by atoms with Gasteiger partial charge in [-0.15, -0.1) is 6.58 Å². The van der Waals surface area contributed by atoms with E-state index in [0.717, 1.165) is 5.56 Å². The normalized spacial score (nSPS) is 19.2. The molecule has 1 aromatic carbocycles. The number of carbonyl (C=O) groups excluding carboxylic acids is 1. The number of benzene rings is 1. The lowest BCUT2D eigenvalue weighted by atomic mass is 10.1. The number of rotatable bonds is 4. The zero-order valence-electron chi connectivity index (χ0n) is 10.0. The molecule has 94 valence electrons. The summed E-state index contributed by atoms with van der Waals surface area (Å²) < 4.78 is 0. The van der Waals surface area contributed by atoms with E-state index >= 15 is 0 Å². The molecule has 1 aliphatic rings. The first-order chi connectivity index (χ1) is 8.76. The largest absolute Gasteiger partial charge is 0.391 e. The molecule has 0 bridgehead atoms. The van der Waals surface area contributed by atoms with Gasteiger partial charge in [0.2, 0.25) is 0 Å². The van der Waals surface area contributed by atoms with Crippen LogP contribution in [-0.4, -0.2) is 29.1 Å². The van der Waals surface area contributed by atoms with Crippen LogP contribution < -0.4 is 5.32 Å². The van der Waals surface area contributed by atoms with Gasteiger partial charge in [0.05, 0.1) is 12.2 Å². The minimum Gasteiger partial charge on any atom is -0.391 e. The van der Waals surface area contributed by atoms with Gasteiger partial charge in [-0.3, -0.25) is 4.79 Å². The lowest BCUT2D eigenvalue weighted by Crippen LogP contribution is -2.44. The highest BCUT2D eigenvalue weighted by Gasteiger charge is 2.26. The summed E-state index contributed by atoms with van der Waals surface area (Å²) in [5, 5.41) is 12.0. The van der Waals surface area contributed by atoms with Crippen molar-refractivity contribution in [3.8, 4) is 0 Å². The van der Waals surface area contributed by atoms with Crippen molar-refractivity contribution in [3.63, 3.8) is 0 Å². The van der Waals surface area contributed by atoms with Gasteiger partial charge in [0.1, 0.15) is 6.17 Å². The molecule has 1 atom stereocenters. The zero-order valence-corrected chi connectivity index (χ0v) is 10.0. The first kappa shape index (κ1) is 12.4. The Hall–Kier alpha value is -2.07. The lowest BCUT2D eigenvalue weighted by molar-refractivity contribution is -0.120. The minimum atomic E-state index is -0.263. The van der Waals surface area contributed by atoms with E-state index in [1.807, 2.05) is 35.2 Å². The van der Waals surface area contributed by atoms with Gasteiger partial charge < -0.3 is 15.3 Å². The molecule has 1 aliphatic heterocycles. The Kier molecular flexibility index (Phi) is 3.79. The van der Waals surface area contributed by atoms with E-state index in [1.54, 1.807) is 12.3 Å². The maximum absolute atomic E-state index is 11.8. The van der Waals surface area contributed by atoms with E-state index in [-0.39, 0.29) is 18.7 Å². The number of amides is 1. The second-order valence-electron chi connectivity index (χ2n) is 4.08. The molecule has 0 aromatic heterocycles. The Morgan fingerprint density at radius 2 is 2.11 bits per heavy atom. The standard InChI is InChI=1S/C14H16N2O2/c1-2-8-16-9-12(10-17)14(18)15-13(16)11-6-4-3-5-7-11/h2-7,9,13,17H,1,8,10H2,(H,15,18). The summed E-state index contributed by atoms with van der Waals surface area (Å²) in [6.45, 7) is 4.04. The number of nitrogens with zero attached hydrogens (tertiary/aromatic N) is 1. The lowest BCUT2D eigenvalue weighted by Gasteiger charge is -2.35. The molecule has 0 spiro atoms. The van der Waals surface area contributed by atoms with Crippen molar-refractivity contribution >= 4 is 5.91 Å². The molecule has 1 unspecified atom stereocenters. The molecule has 4 heteroatoms. The minimum absolute atomic E-state index is 0.216. The van der Waals surface area contributed by atoms with Crippen LogP contribution in [0.5, 0.6) is 0 Å². The monoisotopic (exact) mass is 244 g/mol. The van der Waals surface area contributed by atoms with Crippen molar-refractivity contribution < 1.29 is 9.90 Å². The average Bonchev–Trinajstić information content (AvgIpc) is 2.41. The van der Waals surface area contributed by atoms with Gasteiger partial charge in [0.15, 0.2) is 0 Å². The first-order valence-corrected chi connectivity index (χ1v) is 5.80. The molecule has 2 rings (SSSR count). The maximum atomic E-state index is 11.8. The third kappa shape index (κ3) is 2.43. The molecule has 0 fully saturated rings. The molecule has 0 saturated heterocycles. The van der Waals surface area contributed by atoms with E-state index in [0.29, 0.717) is 12.1 Å². The quantitative estimate of drug-likeness (QED) is 0.782. The molecule has 1 heterocycles. The summed E-state index contributed by atoms with van der Waals surface area (Å²) in [6.07, 6.45) is 3.24. The van der Waals surface area contributed by atoms with Crippen LogP contribution in [0.4, 0.5) is 0 Å². The number of aliphatic hydroxyl groups excluding tert-OH is 1. The molecule has 0 aliphatic carbocycles. The van der Waals surface area contributed by atoms with Gasteiger partial charge in [-0.05, 0) is 5.56 Å². The Labute approximate surface area is 106 Å². The number of hydrogen-bond acceptors (Lipinski definition) is 3. The summed E-state index contributed by atoms with van der Waals surface area (Å²) in [4.78, 5) is 13.7. The Balaban J connectivity index is 2.32. The predicted molar refractivity (Wildman–Crippen MR) is 69.4 cm³/mol. The van der Waals surface area contributed by atoms with Crippen LogP contribution in [0.3, 0.4) is 0 Å². The van der Waals surface area contributed by atoms with Crippen LogP contribution in [-0.2, 0) is 4.79 Å². The second kappa shape index (κ2) is 5.51. The second-order valence-corrected chi connectivity index (χ2v) is 4.08. The van der Waals surface area contributed by atoms with Crippen molar-refractivity contribution in [2.24, 2.45) is 0 Å². The van der Waals surface area contributed by atoms with E-state index in [1.165, 1.54) is 0 Å². The van der Waals surface area contributed by atoms with Crippen molar-refractivity contribution in [1.82, 2.24) is 10.2 Å². The highest BCUT2D eigenvalue weighted by molar-refractivity contribution is 5.94.